The lowest BCUT2D eigenvalue weighted by Crippen LogP contribution is -2.30. The zero-order valence-corrected chi connectivity index (χ0v) is 68.4. The Labute approximate surface area is 626 Å². The minimum Gasteiger partial charge on any atom is -0.462 e. The Hall–Kier alpha value is -1.94. The molecule has 0 radical (unpaired) electrons. The third-order valence-corrected chi connectivity index (χ3v) is 21.5. The van der Waals surface area contributed by atoms with Crippen LogP contribution < -0.4 is 0 Å². The zero-order valence-electron chi connectivity index (χ0n) is 66.6. The van der Waals surface area contributed by atoms with Crippen LogP contribution in [-0.4, -0.2) is 96.7 Å². The van der Waals surface area contributed by atoms with Gasteiger partial charge in [0.05, 0.1) is 26.4 Å². The average molecular weight is 1490 g/mol. The number of aliphatic hydroxyl groups is 1. The maximum Gasteiger partial charge on any atom is 0.472 e. The molecule has 0 heterocycles. The Kier molecular flexibility index (Phi) is 75.8. The topological polar surface area (TPSA) is 237 Å². The number of hydrogen-bond donors (Lipinski definition) is 3. The highest BCUT2D eigenvalue weighted by atomic mass is 31.2. The number of esters is 4. The smallest absolute Gasteiger partial charge is 0.462 e. The first-order chi connectivity index (χ1) is 49.7. The number of carbonyl (C=O) groups excluding carboxylic acids is 4. The fraction of sp³-hybridized carbons (Fsp3) is 0.952. The van der Waals surface area contributed by atoms with Crippen LogP contribution in [0.2, 0.25) is 0 Å². The van der Waals surface area contributed by atoms with Crippen molar-refractivity contribution in [2.24, 2.45) is 0 Å². The highest BCUT2D eigenvalue weighted by Crippen LogP contribution is 2.45. The van der Waals surface area contributed by atoms with Crippen molar-refractivity contribution in [3.8, 4) is 0 Å². The van der Waals surface area contributed by atoms with Crippen LogP contribution >= 0.6 is 15.6 Å². The van der Waals surface area contributed by atoms with E-state index in [9.17, 15) is 43.2 Å². The highest BCUT2D eigenvalue weighted by Gasteiger charge is 2.30. The molecule has 0 rings (SSSR count). The molecule has 0 amide bonds. The van der Waals surface area contributed by atoms with Gasteiger partial charge in [0.15, 0.2) is 12.2 Å². The molecule has 19 heteroatoms. The van der Waals surface area contributed by atoms with Crippen molar-refractivity contribution in [1.29, 1.82) is 0 Å². The summed E-state index contributed by atoms with van der Waals surface area (Å²) in [5, 5.41) is 10.7. The molecule has 0 aromatic rings. The minimum absolute atomic E-state index is 0.109. The van der Waals surface area contributed by atoms with E-state index in [0.717, 1.165) is 89.9 Å². The molecule has 0 saturated carbocycles. The van der Waals surface area contributed by atoms with Crippen LogP contribution in [0, 0.1) is 0 Å². The number of phosphoric ester groups is 2. The van der Waals surface area contributed by atoms with Gasteiger partial charge < -0.3 is 33.8 Å². The Morgan fingerprint density at radius 3 is 0.578 bits per heavy atom. The molecule has 0 aliphatic heterocycles. The second-order valence-corrected chi connectivity index (χ2v) is 32.8. The van der Waals surface area contributed by atoms with E-state index in [1.54, 1.807) is 0 Å². The van der Waals surface area contributed by atoms with E-state index >= 15 is 0 Å². The van der Waals surface area contributed by atoms with Crippen molar-refractivity contribution in [2.45, 2.75) is 470 Å². The van der Waals surface area contributed by atoms with Crippen molar-refractivity contribution in [3.63, 3.8) is 0 Å². The Morgan fingerprint density at radius 2 is 0.392 bits per heavy atom. The highest BCUT2D eigenvalue weighted by molar-refractivity contribution is 7.47. The van der Waals surface area contributed by atoms with Crippen LogP contribution in [0.25, 0.3) is 0 Å². The summed E-state index contributed by atoms with van der Waals surface area (Å²) >= 11 is 0. The van der Waals surface area contributed by atoms with E-state index in [1.165, 1.54) is 283 Å². The summed E-state index contributed by atoms with van der Waals surface area (Å²) in [6.45, 7) is 5.04. The molecule has 0 aliphatic rings. The lowest BCUT2D eigenvalue weighted by atomic mass is 10.0. The summed E-state index contributed by atoms with van der Waals surface area (Å²) in [7, 11) is -9.92. The molecule has 0 saturated heterocycles. The van der Waals surface area contributed by atoms with Gasteiger partial charge in [-0.3, -0.25) is 37.3 Å². The van der Waals surface area contributed by atoms with Crippen LogP contribution in [0.5, 0.6) is 0 Å². The molecular formula is C83H162O17P2. The standard InChI is InChI=1S/C83H162O17P2/c1-5-9-13-17-21-25-29-32-34-36-37-38-39-40-41-43-46-50-54-58-62-66-70-83(88)100-79(74-94-81(86)68-64-60-56-52-48-45-42-35-33-30-26-22-18-14-10-6-2)76-98-102(91,92)96-72-77(84)71-95-101(89,90)97-75-78(73-93-80(85)67-63-59-55-51-47-28-24-20-16-12-8-4)99-82(87)69-65-61-57-53-49-44-31-27-23-19-15-11-7-3/h77-79,84H,5-76H2,1-4H3,(H,89,90)(H,91,92)/t77-,78+,79+/m0/s1. The van der Waals surface area contributed by atoms with Crippen molar-refractivity contribution < 1.29 is 80.2 Å². The van der Waals surface area contributed by atoms with E-state index in [2.05, 4.69) is 27.7 Å². The molecule has 3 N–H and O–H groups in total. The molecule has 0 aliphatic carbocycles. The second-order valence-electron chi connectivity index (χ2n) is 29.9. The summed E-state index contributed by atoms with van der Waals surface area (Å²) in [6, 6.07) is 0. The number of carbonyl (C=O) groups is 4. The Balaban J connectivity index is 5.21. The predicted octanol–water partition coefficient (Wildman–Crippen LogP) is 25.4. The number of unbranched alkanes of at least 4 members (excludes halogenated alkanes) is 58. The molecule has 0 spiro atoms. The Bertz CT molecular complexity index is 1930. The van der Waals surface area contributed by atoms with Crippen molar-refractivity contribution in [1.82, 2.24) is 0 Å². The first kappa shape index (κ1) is 100. The molecule has 0 aromatic carbocycles. The SMILES string of the molecule is CCCCCCCCCCCCCCCCCCCCCCCCC(=O)O[C@H](COC(=O)CCCCCCCCCCCCCCCCCC)COP(=O)(O)OC[C@@H](O)COP(=O)(O)OC[C@@H](COC(=O)CCCCCCCCCCCCC)OC(=O)CCCCCCCCCCCCCCC. The molecule has 2 unspecified atom stereocenters. The molecule has 606 valence electrons. The largest absolute Gasteiger partial charge is 0.472 e. The predicted molar refractivity (Wildman–Crippen MR) is 419 cm³/mol. The van der Waals surface area contributed by atoms with Gasteiger partial charge in [0, 0.05) is 25.7 Å². The number of ether oxygens (including phenoxy) is 4. The molecule has 0 aromatic heterocycles. The number of rotatable bonds is 84. The van der Waals surface area contributed by atoms with E-state index in [1.807, 2.05) is 0 Å². The Morgan fingerprint density at radius 1 is 0.235 bits per heavy atom. The van der Waals surface area contributed by atoms with Crippen molar-refractivity contribution in [2.75, 3.05) is 39.6 Å². The normalized spacial score (nSPS) is 13.8. The number of aliphatic hydroxyl groups excluding tert-OH is 1. The van der Waals surface area contributed by atoms with Crippen LogP contribution in [0.15, 0.2) is 0 Å². The van der Waals surface area contributed by atoms with Crippen LogP contribution in [-0.2, 0) is 65.4 Å². The molecule has 17 nitrogen and oxygen atoms in total. The van der Waals surface area contributed by atoms with Gasteiger partial charge >= 0.3 is 39.5 Å². The quantitative estimate of drug-likeness (QED) is 0.0222. The summed E-state index contributed by atoms with van der Waals surface area (Å²) in [5.41, 5.74) is 0. The maximum absolute atomic E-state index is 13.1. The van der Waals surface area contributed by atoms with Crippen molar-refractivity contribution in [3.05, 3.63) is 0 Å². The molecule has 0 bridgehead atoms. The van der Waals surface area contributed by atoms with E-state index in [4.69, 9.17) is 37.0 Å². The fourth-order valence-corrected chi connectivity index (χ4v) is 14.6. The van der Waals surface area contributed by atoms with E-state index in [-0.39, 0.29) is 25.7 Å². The molecular weight excluding hydrogens is 1330 g/mol. The fourth-order valence-electron chi connectivity index (χ4n) is 13.0. The third-order valence-electron chi connectivity index (χ3n) is 19.6. The van der Waals surface area contributed by atoms with E-state index in [0.29, 0.717) is 25.7 Å². The van der Waals surface area contributed by atoms with E-state index < -0.39 is 97.5 Å². The molecule has 102 heavy (non-hydrogen) atoms. The van der Waals surface area contributed by atoms with Crippen molar-refractivity contribution >= 4 is 39.5 Å². The van der Waals surface area contributed by atoms with Gasteiger partial charge in [-0.2, -0.15) is 0 Å². The maximum atomic E-state index is 13.1. The van der Waals surface area contributed by atoms with Gasteiger partial charge in [0.2, 0.25) is 0 Å². The second kappa shape index (κ2) is 77.2. The van der Waals surface area contributed by atoms with Crippen LogP contribution in [0.3, 0.4) is 0 Å². The van der Waals surface area contributed by atoms with Crippen LogP contribution in [0.4, 0.5) is 0 Å². The van der Waals surface area contributed by atoms with Gasteiger partial charge in [0.25, 0.3) is 0 Å². The lowest BCUT2D eigenvalue weighted by Gasteiger charge is -2.21. The first-order valence-corrected chi connectivity index (χ1v) is 46.3. The lowest BCUT2D eigenvalue weighted by molar-refractivity contribution is -0.161. The summed E-state index contributed by atoms with van der Waals surface area (Å²) in [6.07, 6.45) is 70.8. The monoisotopic (exact) mass is 1490 g/mol. The molecule has 5 atom stereocenters. The summed E-state index contributed by atoms with van der Waals surface area (Å²) < 4.78 is 68.8. The minimum atomic E-state index is -4.96. The van der Waals surface area contributed by atoms with Crippen LogP contribution in [0.1, 0.15) is 451 Å². The van der Waals surface area contributed by atoms with Gasteiger partial charge in [-0.25, -0.2) is 9.13 Å². The zero-order chi connectivity index (χ0) is 74.6. The van der Waals surface area contributed by atoms with Gasteiger partial charge in [0.1, 0.15) is 19.3 Å². The van der Waals surface area contributed by atoms with Gasteiger partial charge in [-0.15, -0.1) is 0 Å². The first-order valence-electron chi connectivity index (χ1n) is 43.3. The summed E-state index contributed by atoms with van der Waals surface area (Å²) in [5.74, 6) is -2.10. The van der Waals surface area contributed by atoms with Gasteiger partial charge in [-0.05, 0) is 25.7 Å². The third kappa shape index (κ3) is 76.3. The summed E-state index contributed by atoms with van der Waals surface area (Å²) in [4.78, 5) is 73.1. The average Bonchev–Trinajstić information content (AvgIpc) is 0.907. The number of phosphoric acid groups is 2. The molecule has 0 fully saturated rings. The van der Waals surface area contributed by atoms with Gasteiger partial charge in [-0.1, -0.05) is 400 Å². The number of hydrogen-bond acceptors (Lipinski definition) is 15.